The Hall–Kier alpha value is -1.95. The zero-order valence-electron chi connectivity index (χ0n) is 8.71. The van der Waals surface area contributed by atoms with Gasteiger partial charge < -0.3 is 5.73 Å². The minimum atomic E-state index is 0.148. The van der Waals surface area contributed by atoms with E-state index in [1.165, 1.54) is 0 Å². The second-order valence-corrected chi connectivity index (χ2v) is 3.80. The van der Waals surface area contributed by atoms with Crippen LogP contribution in [0, 0.1) is 0 Å². The van der Waals surface area contributed by atoms with Gasteiger partial charge in [0.2, 0.25) is 0 Å². The molecule has 0 aliphatic rings. The first-order chi connectivity index (χ1) is 7.65. The largest absolute Gasteiger partial charge is 0.375 e. The monoisotopic (exact) mass is 233 g/mol. The number of aryl methyl sites for hydroxylation is 1. The number of aromatic nitrogens is 2. The van der Waals surface area contributed by atoms with Crippen molar-refractivity contribution in [2.75, 3.05) is 0 Å². The summed E-state index contributed by atoms with van der Waals surface area (Å²) in [4.78, 5) is 0. The lowest BCUT2D eigenvalue weighted by atomic mass is 10.2. The van der Waals surface area contributed by atoms with Gasteiger partial charge in [0, 0.05) is 18.6 Å². The summed E-state index contributed by atoms with van der Waals surface area (Å²) in [6.45, 7) is 0. The maximum Gasteiger partial charge on any atom is 0.184 e. The number of nitrogens with two attached hydrogens (primary N) is 1. The number of nitrogens with one attached hydrogen (secondary N) is 1. The number of nitrogens with zero attached hydrogens (tertiary/aromatic N) is 3. The molecule has 0 aliphatic carbocycles. The van der Waals surface area contributed by atoms with E-state index in [9.17, 15) is 0 Å². The lowest BCUT2D eigenvalue weighted by Crippen LogP contribution is -2.23. The van der Waals surface area contributed by atoms with Crippen LogP contribution in [0.3, 0.4) is 0 Å². The van der Waals surface area contributed by atoms with Crippen molar-refractivity contribution in [2.45, 2.75) is 0 Å². The van der Waals surface area contributed by atoms with Gasteiger partial charge in [-0.1, -0.05) is 12.1 Å². The predicted octanol–water partition coefficient (Wildman–Crippen LogP) is 0.740. The summed E-state index contributed by atoms with van der Waals surface area (Å²) in [6, 6.07) is 5.89. The molecule has 0 radical (unpaired) electrons. The molecule has 0 unspecified atom stereocenters. The van der Waals surface area contributed by atoms with Crippen molar-refractivity contribution in [1.82, 2.24) is 15.2 Å². The predicted molar refractivity (Wildman–Crippen MR) is 68.2 cm³/mol. The van der Waals surface area contributed by atoms with Gasteiger partial charge in [0.15, 0.2) is 5.11 Å². The standard InChI is InChI=1S/C10H11N5S/c1-15-6-8-3-2-7(4-9(8)14-15)5-12-13-10(11)16/h2-6H,1H3,(H3,11,13,16). The van der Waals surface area contributed by atoms with E-state index in [1.54, 1.807) is 10.9 Å². The lowest BCUT2D eigenvalue weighted by molar-refractivity contribution is 0.780. The molecule has 0 aliphatic heterocycles. The summed E-state index contributed by atoms with van der Waals surface area (Å²) < 4.78 is 1.78. The van der Waals surface area contributed by atoms with Gasteiger partial charge in [0.05, 0.1) is 11.7 Å². The second kappa shape index (κ2) is 4.28. The van der Waals surface area contributed by atoms with Crippen LogP contribution in [-0.4, -0.2) is 21.1 Å². The first kappa shape index (κ1) is 10.6. The molecule has 1 aromatic heterocycles. The van der Waals surface area contributed by atoms with E-state index in [0.717, 1.165) is 16.5 Å². The Balaban J connectivity index is 2.25. The number of hydrazone groups is 1. The van der Waals surface area contributed by atoms with E-state index < -0.39 is 0 Å². The Labute approximate surface area is 97.9 Å². The van der Waals surface area contributed by atoms with Gasteiger partial charge in [0.25, 0.3) is 0 Å². The normalized spacial score (nSPS) is 11.1. The molecular weight excluding hydrogens is 222 g/mol. The topological polar surface area (TPSA) is 68.2 Å². The highest BCUT2D eigenvalue weighted by atomic mass is 32.1. The Kier molecular flexibility index (Phi) is 2.82. The van der Waals surface area contributed by atoms with Crippen molar-refractivity contribution in [3.63, 3.8) is 0 Å². The molecule has 2 rings (SSSR count). The van der Waals surface area contributed by atoms with E-state index >= 15 is 0 Å². The summed E-state index contributed by atoms with van der Waals surface area (Å²) in [7, 11) is 1.89. The van der Waals surface area contributed by atoms with Crippen LogP contribution in [0.5, 0.6) is 0 Å². The summed E-state index contributed by atoms with van der Waals surface area (Å²) in [5.41, 5.74) is 9.61. The van der Waals surface area contributed by atoms with Crippen LogP contribution in [-0.2, 0) is 7.05 Å². The molecule has 0 saturated carbocycles. The van der Waals surface area contributed by atoms with Crippen LogP contribution in [0.25, 0.3) is 10.9 Å². The van der Waals surface area contributed by atoms with Crippen LogP contribution in [0.1, 0.15) is 5.56 Å². The molecule has 0 bridgehead atoms. The van der Waals surface area contributed by atoms with Gasteiger partial charge in [-0.15, -0.1) is 0 Å². The molecule has 16 heavy (non-hydrogen) atoms. The molecule has 0 fully saturated rings. The second-order valence-electron chi connectivity index (χ2n) is 3.36. The zero-order chi connectivity index (χ0) is 11.5. The average Bonchev–Trinajstić information content (AvgIpc) is 2.56. The van der Waals surface area contributed by atoms with Gasteiger partial charge in [-0.05, 0) is 23.8 Å². The van der Waals surface area contributed by atoms with Crippen LogP contribution in [0.4, 0.5) is 0 Å². The maximum absolute atomic E-state index is 5.24. The average molecular weight is 233 g/mol. The fraction of sp³-hybridized carbons (Fsp3) is 0.100. The molecule has 3 N–H and O–H groups in total. The summed E-state index contributed by atoms with van der Waals surface area (Å²) >= 11 is 4.63. The first-order valence-electron chi connectivity index (χ1n) is 4.67. The number of benzene rings is 1. The highest BCUT2D eigenvalue weighted by molar-refractivity contribution is 7.80. The van der Waals surface area contributed by atoms with Crippen molar-refractivity contribution >= 4 is 34.4 Å². The molecular formula is C10H11N5S. The third-order valence-corrected chi connectivity index (χ3v) is 2.13. The number of hydrogen-bond donors (Lipinski definition) is 2. The first-order valence-corrected chi connectivity index (χ1v) is 5.08. The zero-order valence-corrected chi connectivity index (χ0v) is 9.53. The van der Waals surface area contributed by atoms with Gasteiger partial charge in [0.1, 0.15) is 0 Å². The van der Waals surface area contributed by atoms with Gasteiger partial charge in [-0.25, -0.2) is 0 Å². The van der Waals surface area contributed by atoms with E-state index in [-0.39, 0.29) is 5.11 Å². The van der Waals surface area contributed by atoms with Crippen LogP contribution >= 0.6 is 12.2 Å². The fourth-order valence-corrected chi connectivity index (χ4v) is 1.46. The Morgan fingerprint density at radius 2 is 2.44 bits per heavy atom. The van der Waals surface area contributed by atoms with Crippen molar-refractivity contribution < 1.29 is 0 Å². The van der Waals surface area contributed by atoms with Crippen LogP contribution < -0.4 is 11.2 Å². The summed E-state index contributed by atoms with van der Waals surface area (Å²) in [5, 5.41) is 9.43. The molecule has 5 nitrogen and oxygen atoms in total. The minimum Gasteiger partial charge on any atom is -0.375 e. The smallest absolute Gasteiger partial charge is 0.184 e. The van der Waals surface area contributed by atoms with E-state index in [1.807, 2.05) is 31.4 Å². The molecule has 6 heteroatoms. The highest BCUT2D eigenvalue weighted by Crippen LogP contribution is 2.12. The number of fused-ring (bicyclic) bond motifs is 1. The minimum absolute atomic E-state index is 0.148. The molecule has 82 valence electrons. The Bertz CT molecular complexity index is 557. The van der Waals surface area contributed by atoms with Crippen molar-refractivity contribution in [3.8, 4) is 0 Å². The van der Waals surface area contributed by atoms with Crippen LogP contribution in [0.15, 0.2) is 29.5 Å². The van der Waals surface area contributed by atoms with Gasteiger partial charge in [-0.3, -0.25) is 10.1 Å². The van der Waals surface area contributed by atoms with Crippen molar-refractivity contribution in [1.29, 1.82) is 0 Å². The third-order valence-electron chi connectivity index (χ3n) is 2.03. The molecule has 0 spiro atoms. The van der Waals surface area contributed by atoms with Crippen molar-refractivity contribution in [3.05, 3.63) is 30.0 Å². The number of hydrogen-bond acceptors (Lipinski definition) is 3. The Morgan fingerprint density at radius 3 is 3.19 bits per heavy atom. The maximum atomic E-state index is 5.24. The van der Waals surface area contributed by atoms with Gasteiger partial charge >= 0.3 is 0 Å². The molecule has 0 atom stereocenters. The number of thiocarbonyl (C=S) groups is 1. The summed E-state index contributed by atoms with van der Waals surface area (Å²) in [5.74, 6) is 0. The van der Waals surface area contributed by atoms with E-state index in [2.05, 4.69) is 27.8 Å². The number of rotatable bonds is 2. The SMILES string of the molecule is Cn1cc2ccc(C=NNC(N)=S)cc2n1. The Morgan fingerprint density at radius 1 is 1.62 bits per heavy atom. The van der Waals surface area contributed by atoms with Crippen molar-refractivity contribution in [2.24, 2.45) is 17.9 Å². The molecule has 1 aromatic carbocycles. The van der Waals surface area contributed by atoms with Gasteiger partial charge in [-0.2, -0.15) is 10.2 Å². The fourth-order valence-electron chi connectivity index (χ4n) is 1.41. The summed E-state index contributed by atoms with van der Waals surface area (Å²) in [6.07, 6.45) is 3.61. The molecule has 2 aromatic rings. The van der Waals surface area contributed by atoms with E-state index in [4.69, 9.17) is 5.73 Å². The highest BCUT2D eigenvalue weighted by Gasteiger charge is 1.98. The quantitative estimate of drug-likeness (QED) is 0.456. The molecule has 0 saturated heterocycles. The third kappa shape index (κ3) is 2.34. The van der Waals surface area contributed by atoms with Crippen LogP contribution in [0.2, 0.25) is 0 Å². The molecule has 0 amide bonds. The molecule has 1 heterocycles. The lowest BCUT2D eigenvalue weighted by Gasteiger charge is -1.94. The van der Waals surface area contributed by atoms with E-state index in [0.29, 0.717) is 0 Å².